The predicted octanol–water partition coefficient (Wildman–Crippen LogP) is 3.22. The first-order valence-corrected chi connectivity index (χ1v) is 5.51. The number of hydrogen-bond donors (Lipinski definition) is 0. The Morgan fingerprint density at radius 1 is 1.33 bits per heavy atom. The molecule has 1 aromatic carbocycles. The van der Waals surface area contributed by atoms with E-state index in [-0.39, 0.29) is 0 Å². The van der Waals surface area contributed by atoms with E-state index in [0.29, 0.717) is 17.8 Å². The molecule has 0 bridgehead atoms. The van der Waals surface area contributed by atoms with Gasteiger partial charge >= 0.3 is 5.95 Å². The van der Waals surface area contributed by atoms with E-state index in [1.165, 1.54) is 11.8 Å². The lowest BCUT2D eigenvalue weighted by molar-refractivity contribution is 0.238. The molecule has 0 atom stereocenters. The summed E-state index contributed by atoms with van der Waals surface area (Å²) in [5.41, 5.74) is 0. The van der Waals surface area contributed by atoms with Gasteiger partial charge in [-0.1, -0.05) is 18.2 Å². The summed E-state index contributed by atoms with van der Waals surface area (Å²) in [7, 11) is 0. The Balaban J connectivity index is 2.05. The lowest BCUT2D eigenvalue weighted by atomic mass is 10.4. The molecule has 4 heteroatoms. The average molecular weight is 221 g/mol. The van der Waals surface area contributed by atoms with Gasteiger partial charge in [0.1, 0.15) is 6.20 Å². The molecular weight excluding hydrogens is 210 g/mol. The number of nitrogens with zero attached hydrogens (tertiary/aromatic N) is 1. The van der Waals surface area contributed by atoms with Crippen molar-refractivity contribution < 1.29 is 9.15 Å². The molecular formula is C11H11NO2S. The standard InChI is InChI=1S/C11H11NO2S/c1-2-13-10-8-12-11(14-10)15-9-6-4-3-5-7-9/h3-8H,2H2,1H3. The van der Waals surface area contributed by atoms with Gasteiger partial charge in [0.2, 0.25) is 0 Å². The molecule has 2 rings (SSSR count). The Hall–Kier alpha value is -1.42. The Morgan fingerprint density at radius 2 is 2.13 bits per heavy atom. The average Bonchev–Trinajstić information content (AvgIpc) is 2.68. The molecule has 0 spiro atoms. The Labute approximate surface area is 92.5 Å². The van der Waals surface area contributed by atoms with Crippen LogP contribution in [0.1, 0.15) is 6.92 Å². The van der Waals surface area contributed by atoms with Crippen LogP contribution in [0.15, 0.2) is 51.1 Å². The molecule has 0 saturated carbocycles. The molecule has 0 unspecified atom stereocenters. The summed E-state index contributed by atoms with van der Waals surface area (Å²) < 4.78 is 10.5. The minimum Gasteiger partial charge on any atom is -0.464 e. The number of ether oxygens (including phenoxy) is 1. The maximum absolute atomic E-state index is 5.36. The molecule has 0 N–H and O–H groups in total. The summed E-state index contributed by atoms with van der Waals surface area (Å²) in [5.74, 6) is 0.468. The number of rotatable bonds is 4. The van der Waals surface area contributed by atoms with Crippen molar-refractivity contribution in [3.05, 3.63) is 36.5 Å². The van der Waals surface area contributed by atoms with Crippen molar-refractivity contribution in [2.45, 2.75) is 17.0 Å². The van der Waals surface area contributed by atoms with Crippen molar-refractivity contribution in [1.29, 1.82) is 0 Å². The van der Waals surface area contributed by atoms with E-state index in [1.807, 2.05) is 37.3 Å². The minimum absolute atomic E-state index is 0.468. The third-order valence-electron chi connectivity index (χ3n) is 1.70. The van der Waals surface area contributed by atoms with Gasteiger partial charge in [-0.3, -0.25) is 0 Å². The highest BCUT2D eigenvalue weighted by atomic mass is 32.2. The van der Waals surface area contributed by atoms with Crippen molar-refractivity contribution in [3.63, 3.8) is 0 Å². The number of hydrogen-bond acceptors (Lipinski definition) is 4. The van der Waals surface area contributed by atoms with Crippen LogP contribution in [-0.2, 0) is 0 Å². The molecule has 15 heavy (non-hydrogen) atoms. The Morgan fingerprint density at radius 3 is 2.87 bits per heavy atom. The van der Waals surface area contributed by atoms with Crippen LogP contribution in [0.25, 0.3) is 0 Å². The molecule has 0 amide bonds. The summed E-state index contributed by atoms with van der Waals surface area (Å²) in [5, 5.41) is 0.602. The smallest absolute Gasteiger partial charge is 0.305 e. The van der Waals surface area contributed by atoms with Gasteiger partial charge in [-0.2, -0.15) is 0 Å². The monoisotopic (exact) mass is 221 g/mol. The predicted molar refractivity (Wildman–Crippen MR) is 58.2 cm³/mol. The van der Waals surface area contributed by atoms with E-state index in [0.717, 1.165) is 4.90 Å². The normalized spacial score (nSPS) is 10.2. The maximum Gasteiger partial charge on any atom is 0.305 e. The van der Waals surface area contributed by atoms with Crippen LogP contribution in [0.3, 0.4) is 0 Å². The van der Waals surface area contributed by atoms with Gasteiger partial charge in [0.15, 0.2) is 0 Å². The van der Waals surface area contributed by atoms with Crippen LogP contribution in [0, 0.1) is 0 Å². The molecule has 0 aliphatic heterocycles. The molecule has 0 radical (unpaired) electrons. The quantitative estimate of drug-likeness (QED) is 0.794. The van der Waals surface area contributed by atoms with E-state index >= 15 is 0 Å². The maximum atomic E-state index is 5.36. The highest BCUT2D eigenvalue weighted by Crippen LogP contribution is 2.28. The molecule has 1 aromatic heterocycles. The van der Waals surface area contributed by atoms with Gasteiger partial charge in [0.05, 0.1) is 6.61 Å². The molecule has 1 heterocycles. The first kappa shape index (κ1) is 10.1. The second kappa shape index (κ2) is 4.89. The highest BCUT2D eigenvalue weighted by molar-refractivity contribution is 7.99. The van der Waals surface area contributed by atoms with Crippen LogP contribution < -0.4 is 4.74 Å². The lowest BCUT2D eigenvalue weighted by Gasteiger charge is -1.96. The fourth-order valence-corrected chi connectivity index (χ4v) is 1.81. The fourth-order valence-electron chi connectivity index (χ4n) is 1.09. The second-order valence-electron chi connectivity index (χ2n) is 2.79. The number of oxazole rings is 1. The first-order chi connectivity index (χ1) is 7.38. The van der Waals surface area contributed by atoms with Crippen LogP contribution in [-0.4, -0.2) is 11.6 Å². The molecule has 2 aromatic rings. The van der Waals surface area contributed by atoms with Gasteiger partial charge in [-0.05, 0) is 30.8 Å². The zero-order valence-corrected chi connectivity index (χ0v) is 9.16. The molecule has 3 nitrogen and oxygen atoms in total. The Kier molecular flexibility index (Phi) is 3.29. The summed E-state index contributed by atoms with van der Waals surface area (Å²) in [6, 6.07) is 9.96. The number of aromatic nitrogens is 1. The summed E-state index contributed by atoms with van der Waals surface area (Å²) in [6.07, 6.45) is 1.59. The van der Waals surface area contributed by atoms with Gasteiger partial charge in [0, 0.05) is 4.90 Å². The van der Waals surface area contributed by atoms with Crippen LogP contribution in [0.2, 0.25) is 0 Å². The molecule has 0 aliphatic carbocycles. The van der Waals surface area contributed by atoms with Crippen molar-refractivity contribution in [2.24, 2.45) is 0 Å². The van der Waals surface area contributed by atoms with Crippen molar-refractivity contribution >= 4 is 11.8 Å². The van der Waals surface area contributed by atoms with Crippen LogP contribution in [0.5, 0.6) is 5.95 Å². The fraction of sp³-hybridized carbons (Fsp3) is 0.182. The van der Waals surface area contributed by atoms with Crippen molar-refractivity contribution in [2.75, 3.05) is 6.61 Å². The molecule has 0 fully saturated rings. The van der Waals surface area contributed by atoms with Gasteiger partial charge in [-0.25, -0.2) is 4.98 Å². The van der Waals surface area contributed by atoms with E-state index < -0.39 is 0 Å². The third kappa shape index (κ3) is 2.76. The minimum atomic E-state index is 0.468. The largest absolute Gasteiger partial charge is 0.464 e. The SMILES string of the molecule is CCOc1cnc(Sc2ccccc2)o1. The van der Waals surface area contributed by atoms with E-state index in [2.05, 4.69) is 4.98 Å². The van der Waals surface area contributed by atoms with Crippen molar-refractivity contribution in [3.8, 4) is 5.95 Å². The zero-order valence-electron chi connectivity index (χ0n) is 8.34. The highest BCUT2D eigenvalue weighted by Gasteiger charge is 2.05. The van der Waals surface area contributed by atoms with Crippen molar-refractivity contribution in [1.82, 2.24) is 4.98 Å². The summed E-state index contributed by atoms with van der Waals surface area (Å²) >= 11 is 1.48. The summed E-state index contributed by atoms with van der Waals surface area (Å²) in [4.78, 5) is 5.20. The van der Waals surface area contributed by atoms with E-state index in [9.17, 15) is 0 Å². The zero-order chi connectivity index (χ0) is 10.5. The topological polar surface area (TPSA) is 35.3 Å². The van der Waals surface area contributed by atoms with E-state index in [1.54, 1.807) is 6.20 Å². The lowest BCUT2D eigenvalue weighted by Crippen LogP contribution is -1.87. The van der Waals surface area contributed by atoms with Gasteiger partial charge < -0.3 is 9.15 Å². The molecule has 78 valence electrons. The number of benzene rings is 1. The van der Waals surface area contributed by atoms with Crippen LogP contribution in [0.4, 0.5) is 0 Å². The molecule has 0 aliphatic rings. The van der Waals surface area contributed by atoms with Gasteiger partial charge in [-0.15, -0.1) is 0 Å². The Bertz CT molecular complexity index is 414. The second-order valence-corrected chi connectivity index (χ2v) is 3.82. The molecule has 0 saturated heterocycles. The third-order valence-corrected chi connectivity index (χ3v) is 2.57. The summed E-state index contributed by atoms with van der Waals surface area (Å²) in [6.45, 7) is 2.50. The van der Waals surface area contributed by atoms with Gasteiger partial charge in [0.25, 0.3) is 5.22 Å². The first-order valence-electron chi connectivity index (χ1n) is 4.70. The van der Waals surface area contributed by atoms with E-state index in [4.69, 9.17) is 9.15 Å². The van der Waals surface area contributed by atoms with Crippen LogP contribution >= 0.6 is 11.8 Å².